The van der Waals surface area contributed by atoms with Crippen molar-refractivity contribution in [2.24, 2.45) is 0 Å². The standard InChI is InChI=1S/6Cu.6FH2O3P/c;;;;;;6*1-5(2,3)4/h;;;;;;6*(H2,2,3,4)/q6*+2;;;;;;/p-12. The average Bonchev–Trinajstić information content (AvgIpc) is 1.94. The zero-order valence-electron chi connectivity index (χ0n) is 14.1. The van der Waals surface area contributed by atoms with Crippen LogP contribution in [0.25, 0.3) is 0 Å². The summed E-state index contributed by atoms with van der Waals surface area (Å²) in [6.45, 7) is 0. The number of hydrogen-bond acceptors (Lipinski definition) is 18. The quantitative estimate of drug-likeness (QED) is 0.124. The summed E-state index contributed by atoms with van der Waals surface area (Å²) < 4.78 is 111. The number of rotatable bonds is 0. The Balaban J connectivity index is -0.0000000186. The Kier molecular flexibility index (Phi) is 74.9. The van der Waals surface area contributed by atoms with Crippen LogP contribution >= 0.6 is 47.4 Å². The summed E-state index contributed by atoms with van der Waals surface area (Å²) in [5.41, 5.74) is 0. The van der Waals surface area contributed by atoms with Gasteiger partial charge in [-0.25, -0.2) is 25.2 Å². The van der Waals surface area contributed by atoms with Crippen LogP contribution < -0.4 is 58.7 Å². The zero-order chi connectivity index (χ0) is 27.0. The largest absolute Gasteiger partial charge is 2.00 e. The molecule has 0 saturated heterocycles. The van der Waals surface area contributed by atoms with Crippen LogP contribution in [0, 0.1) is 0 Å². The molecule has 0 heterocycles. The van der Waals surface area contributed by atoms with Crippen molar-refractivity contribution in [3.05, 3.63) is 0 Å². The van der Waals surface area contributed by atoms with E-state index in [9.17, 15) is 25.2 Å². The predicted octanol–water partition coefficient (Wildman–Crippen LogP) is -7.31. The molecule has 36 heavy (non-hydrogen) atoms. The fourth-order valence-electron chi connectivity index (χ4n) is 0. The zero-order valence-corrected chi connectivity index (χ0v) is 25.1. The normalized spacial score (nSPS) is 9.83. The first-order valence-electron chi connectivity index (χ1n) is 4.30. The molecule has 0 spiro atoms. The summed E-state index contributed by atoms with van der Waals surface area (Å²) in [4.78, 5) is 101. The van der Waals surface area contributed by atoms with E-state index in [4.69, 9.17) is 86.1 Å². The predicted molar refractivity (Wildman–Crippen MR) is 52.3 cm³/mol. The molecule has 0 aliphatic rings. The average molecular weight is 969 g/mol. The van der Waals surface area contributed by atoms with Crippen molar-refractivity contribution in [1.29, 1.82) is 0 Å². The Hall–Kier alpha value is 3.60. The van der Waals surface area contributed by atoms with Gasteiger partial charge in [-0.3, -0.25) is 0 Å². The van der Waals surface area contributed by atoms with E-state index < -0.39 is 47.4 Å². The van der Waals surface area contributed by atoms with Gasteiger partial charge in [0.25, 0.3) is 0 Å². The molecule has 0 aliphatic heterocycles. The van der Waals surface area contributed by atoms with Crippen molar-refractivity contribution in [2.45, 2.75) is 0 Å². The molecular weight excluding hydrogens is 969 g/mol. The molecule has 0 aromatic rings. The monoisotopic (exact) mass is 965 g/mol. The van der Waals surface area contributed by atoms with Crippen molar-refractivity contribution in [1.82, 2.24) is 0 Å². The van der Waals surface area contributed by atoms with Crippen molar-refractivity contribution in [2.75, 3.05) is 0 Å². The van der Waals surface area contributed by atoms with E-state index in [-0.39, 0.29) is 102 Å². The van der Waals surface area contributed by atoms with Crippen LogP contribution in [0.2, 0.25) is 0 Å². The molecule has 6 radical (unpaired) electrons. The van der Waals surface area contributed by atoms with Crippen molar-refractivity contribution >= 4 is 47.4 Å². The molecular formula is Cu6F6O18P6. The summed E-state index contributed by atoms with van der Waals surface area (Å²) in [6, 6.07) is 0. The molecule has 0 aliphatic carbocycles. The molecule has 246 valence electrons. The first kappa shape index (κ1) is 77.5. The van der Waals surface area contributed by atoms with Gasteiger partial charge >= 0.3 is 102 Å². The molecule has 0 aromatic carbocycles. The second-order valence-electron chi connectivity index (χ2n) is 2.58. The maximum Gasteiger partial charge on any atom is 2.00 e. The van der Waals surface area contributed by atoms with Gasteiger partial charge in [0.1, 0.15) is 47.4 Å². The maximum absolute atomic E-state index is 10.1. The Bertz CT molecular complexity index is 497. The van der Waals surface area contributed by atoms with E-state index in [1.165, 1.54) is 0 Å². The minimum atomic E-state index is -5.64. The molecule has 0 amide bonds. The minimum absolute atomic E-state index is 0. The fraction of sp³-hybridized carbons (Fsp3) is 0. The molecule has 36 heteroatoms. The summed E-state index contributed by atoms with van der Waals surface area (Å²) in [5, 5.41) is 0. The van der Waals surface area contributed by atoms with E-state index in [0.717, 1.165) is 0 Å². The van der Waals surface area contributed by atoms with Crippen LogP contribution in [0.5, 0.6) is 0 Å². The number of halogens is 6. The van der Waals surface area contributed by atoms with Crippen LogP contribution in [0.3, 0.4) is 0 Å². The molecule has 0 unspecified atom stereocenters. The molecule has 0 saturated carbocycles. The molecule has 0 bridgehead atoms. The van der Waals surface area contributed by atoms with Crippen molar-refractivity contribution in [3.63, 3.8) is 0 Å². The van der Waals surface area contributed by atoms with Crippen LogP contribution in [0.1, 0.15) is 0 Å². The topological polar surface area (TPSA) is 379 Å². The van der Waals surface area contributed by atoms with Gasteiger partial charge in [-0.2, -0.15) is 0 Å². The van der Waals surface area contributed by atoms with Gasteiger partial charge in [0.05, 0.1) is 0 Å². The van der Waals surface area contributed by atoms with E-state index in [0.29, 0.717) is 0 Å². The molecule has 18 nitrogen and oxygen atoms in total. The summed E-state index contributed by atoms with van der Waals surface area (Å²) in [7, 11) is -33.8. The van der Waals surface area contributed by atoms with Crippen LogP contribution in [0.4, 0.5) is 25.2 Å². The summed E-state index contributed by atoms with van der Waals surface area (Å²) in [5.74, 6) is 0. The van der Waals surface area contributed by atoms with Crippen molar-refractivity contribution in [3.8, 4) is 0 Å². The van der Waals surface area contributed by atoms with Gasteiger partial charge in [-0.1, -0.05) is 0 Å². The second kappa shape index (κ2) is 34.8. The van der Waals surface area contributed by atoms with Gasteiger partial charge < -0.3 is 86.1 Å². The maximum atomic E-state index is 10.1. The second-order valence-corrected chi connectivity index (χ2v) is 7.75. The van der Waals surface area contributed by atoms with Crippen LogP contribution in [0.15, 0.2) is 0 Å². The first-order chi connectivity index (χ1) is 12.0. The fourth-order valence-corrected chi connectivity index (χ4v) is 0. The molecule has 0 rings (SSSR count). The molecule has 0 fully saturated rings. The van der Waals surface area contributed by atoms with Gasteiger partial charge in [-0.15, -0.1) is 0 Å². The van der Waals surface area contributed by atoms with Gasteiger partial charge in [0, 0.05) is 0 Å². The summed E-state index contributed by atoms with van der Waals surface area (Å²) in [6.07, 6.45) is 0. The smallest absolute Gasteiger partial charge is 0.786 e. The van der Waals surface area contributed by atoms with Crippen LogP contribution in [-0.2, 0) is 130 Å². The Morgan fingerprint density at radius 2 is 0.250 bits per heavy atom. The third-order valence-electron chi connectivity index (χ3n) is 0. The van der Waals surface area contributed by atoms with Crippen molar-refractivity contribution < 1.29 is 214 Å². The Morgan fingerprint density at radius 3 is 0.250 bits per heavy atom. The van der Waals surface area contributed by atoms with E-state index in [1.807, 2.05) is 0 Å². The Morgan fingerprint density at radius 1 is 0.250 bits per heavy atom. The molecule has 0 N–H and O–H groups in total. The third kappa shape index (κ3) is 3890. The number of hydrogen-bond donors (Lipinski definition) is 0. The van der Waals surface area contributed by atoms with Gasteiger partial charge in [-0.05, 0) is 0 Å². The first-order valence-corrected chi connectivity index (χ1v) is 12.9. The van der Waals surface area contributed by atoms with Crippen LogP contribution in [-0.4, -0.2) is 0 Å². The molecule has 0 atom stereocenters. The SMILES string of the molecule is O=P([O-])([O-])F.O=P([O-])([O-])F.O=P([O-])([O-])F.O=P([O-])([O-])F.O=P([O-])([O-])F.O=P([O-])([O-])F.[Cu+2].[Cu+2].[Cu+2].[Cu+2].[Cu+2].[Cu+2]. The van der Waals surface area contributed by atoms with E-state index >= 15 is 0 Å². The minimum Gasteiger partial charge on any atom is -0.786 e. The van der Waals surface area contributed by atoms with Gasteiger partial charge in [0.2, 0.25) is 0 Å². The summed E-state index contributed by atoms with van der Waals surface area (Å²) >= 11 is 0. The third-order valence-corrected chi connectivity index (χ3v) is 0. The Labute approximate surface area is 259 Å². The molecule has 0 aromatic heterocycles. The van der Waals surface area contributed by atoms with E-state index in [1.54, 1.807) is 0 Å². The van der Waals surface area contributed by atoms with E-state index in [2.05, 4.69) is 0 Å². The van der Waals surface area contributed by atoms with Gasteiger partial charge in [0.15, 0.2) is 0 Å².